The van der Waals surface area contributed by atoms with E-state index in [-0.39, 0.29) is 0 Å². The van der Waals surface area contributed by atoms with Crippen molar-refractivity contribution in [3.63, 3.8) is 0 Å². The topological polar surface area (TPSA) is 77.2 Å². The highest BCUT2D eigenvalue weighted by molar-refractivity contribution is 5.87. The highest BCUT2D eigenvalue weighted by Gasteiger charge is 2.10. The van der Waals surface area contributed by atoms with Gasteiger partial charge in [-0.15, -0.1) is 10.2 Å². The van der Waals surface area contributed by atoms with Crippen LogP contribution in [-0.2, 0) is 4.79 Å². The van der Waals surface area contributed by atoms with E-state index >= 15 is 0 Å². The van der Waals surface area contributed by atoms with Crippen LogP contribution in [0.5, 0.6) is 5.75 Å². The van der Waals surface area contributed by atoms with Crippen LogP contribution in [0, 0.1) is 0 Å². The summed E-state index contributed by atoms with van der Waals surface area (Å²) in [6.07, 6.45) is 1.27. The molecule has 0 aliphatic carbocycles. The molecule has 22 heavy (non-hydrogen) atoms. The second-order valence-corrected chi connectivity index (χ2v) is 4.54. The van der Waals surface area contributed by atoms with Crippen molar-refractivity contribution < 1.29 is 14.6 Å². The molecule has 0 unspecified atom stereocenters. The van der Waals surface area contributed by atoms with Crippen LogP contribution in [0.4, 0.5) is 0 Å². The van der Waals surface area contributed by atoms with E-state index in [1.54, 1.807) is 31.2 Å². The maximum Gasteiger partial charge on any atom is 0.378 e. The van der Waals surface area contributed by atoms with Gasteiger partial charge in [0.2, 0.25) is 0 Å². The van der Waals surface area contributed by atoms with Gasteiger partial charge in [-0.05, 0) is 49.4 Å². The van der Waals surface area contributed by atoms with E-state index in [4.69, 9.17) is 4.74 Å². The van der Waals surface area contributed by atoms with Crippen molar-refractivity contribution in [1.29, 1.82) is 0 Å². The fraction of sp³-hybridized carbons (Fsp3) is 0.0625. The summed E-state index contributed by atoms with van der Waals surface area (Å²) in [5.74, 6) is -0.888. The molecular weight excluding hydrogens is 282 g/mol. The summed E-state index contributed by atoms with van der Waals surface area (Å²) in [6.45, 7) is 1.55. The standard InChI is InChI=1S/C16H13N3O3/c1-2-15(20)16(21)22-12-9-7-11(8-10-12)19-17-13-5-3-4-6-14(13)18-19/h2-10,20H,1H3. The number of fused-ring (bicyclic) bond motifs is 1. The zero-order valence-electron chi connectivity index (χ0n) is 11.8. The van der Waals surface area contributed by atoms with Gasteiger partial charge >= 0.3 is 5.97 Å². The van der Waals surface area contributed by atoms with E-state index in [1.807, 2.05) is 24.3 Å². The SMILES string of the molecule is CC=C(O)C(=O)Oc1ccc(-n2nc3ccccc3n2)cc1. The quantitative estimate of drug-likeness (QED) is 0.348. The highest BCUT2D eigenvalue weighted by atomic mass is 16.5. The minimum atomic E-state index is -0.793. The van der Waals surface area contributed by atoms with Gasteiger partial charge in [0, 0.05) is 0 Å². The molecule has 3 aromatic rings. The lowest BCUT2D eigenvalue weighted by Gasteiger charge is -2.04. The van der Waals surface area contributed by atoms with Gasteiger partial charge in [-0.25, -0.2) is 4.79 Å². The van der Waals surface area contributed by atoms with Gasteiger partial charge in [-0.1, -0.05) is 12.1 Å². The largest absolute Gasteiger partial charge is 0.502 e. The van der Waals surface area contributed by atoms with E-state index in [0.29, 0.717) is 5.75 Å². The molecule has 1 heterocycles. The minimum Gasteiger partial charge on any atom is -0.502 e. The molecule has 0 bridgehead atoms. The molecule has 110 valence electrons. The van der Waals surface area contributed by atoms with Gasteiger partial charge in [0.1, 0.15) is 16.8 Å². The average molecular weight is 295 g/mol. The number of hydrogen-bond donors (Lipinski definition) is 1. The van der Waals surface area contributed by atoms with Crippen molar-refractivity contribution in [2.75, 3.05) is 0 Å². The number of aromatic nitrogens is 3. The molecule has 0 saturated heterocycles. The molecule has 2 aromatic carbocycles. The summed E-state index contributed by atoms with van der Waals surface area (Å²) in [4.78, 5) is 13.0. The van der Waals surface area contributed by atoms with Crippen LogP contribution >= 0.6 is 0 Å². The smallest absolute Gasteiger partial charge is 0.378 e. The number of benzene rings is 2. The fourth-order valence-electron chi connectivity index (χ4n) is 1.90. The molecule has 0 fully saturated rings. The number of nitrogens with zero attached hydrogens (tertiary/aromatic N) is 3. The summed E-state index contributed by atoms with van der Waals surface area (Å²) >= 11 is 0. The molecule has 6 heteroatoms. The second kappa shape index (κ2) is 5.69. The average Bonchev–Trinajstić information content (AvgIpc) is 2.98. The summed E-state index contributed by atoms with van der Waals surface area (Å²) in [5, 5.41) is 18.0. The van der Waals surface area contributed by atoms with Crippen LogP contribution in [0.25, 0.3) is 16.7 Å². The van der Waals surface area contributed by atoms with Gasteiger partial charge in [-0.3, -0.25) is 0 Å². The maximum absolute atomic E-state index is 11.4. The monoisotopic (exact) mass is 295 g/mol. The lowest BCUT2D eigenvalue weighted by atomic mass is 10.3. The number of aliphatic hydroxyl groups is 1. The zero-order chi connectivity index (χ0) is 15.5. The van der Waals surface area contributed by atoms with Crippen LogP contribution in [0.3, 0.4) is 0 Å². The first-order valence-corrected chi connectivity index (χ1v) is 6.67. The van der Waals surface area contributed by atoms with E-state index in [9.17, 15) is 9.90 Å². The number of hydrogen-bond acceptors (Lipinski definition) is 5. The van der Waals surface area contributed by atoms with Crippen LogP contribution in [-0.4, -0.2) is 26.1 Å². The number of esters is 1. The molecule has 0 saturated carbocycles. The normalized spacial score (nSPS) is 11.6. The predicted molar refractivity (Wildman–Crippen MR) is 80.9 cm³/mol. The highest BCUT2D eigenvalue weighted by Crippen LogP contribution is 2.17. The van der Waals surface area contributed by atoms with E-state index in [1.165, 1.54) is 10.9 Å². The molecule has 0 atom stereocenters. The molecule has 6 nitrogen and oxygen atoms in total. The number of allylic oxidation sites excluding steroid dienone is 1. The molecule has 0 aliphatic heterocycles. The number of rotatable bonds is 3. The van der Waals surface area contributed by atoms with Gasteiger partial charge in [0.15, 0.2) is 5.76 Å². The molecular formula is C16H13N3O3. The molecule has 0 spiro atoms. The summed E-state index contributed by atoms with van der Waals surface area (Å²) in [7, 11) is 0. The summed E-state index contributed by atoms with van der Waals surface area (Å²) in [6, 6.07) is 14.3. The molecule has 0 aliphatic rings. The fourth-order valence-corrected chi connectivity index (χ4v) is 1.90. The van der Waals surface area contributed by atoms with Gasteiger partial charge in [0.25, 0.3) is 0 Å². The Bertz CT molecular complexity index is 817. The Labute approximate surface area is 126 Å². The minimum absolute atomic E-state index is 0.332. The van der Waals surface area contributed by atoms with Crippen LogP contribution in [0.1, 0.15) is 6.92 Å². The van der Waals surface area contributed by atoms with Crippen molar-refractivity contribution in [3.8, 4) is 11.4 Å². The summed E-state index contributed by atoms with van der Waals surface area (Å²) < 4.78 is 5.01. The van der Waals surface area contributed by atoms with Crippen LogP contribution in [0.15, 0.2) is 60.4 Å². The number of carbonyl (C=O) groups is 1. The third-order valence-corrected chi connectivity index (χ3v) is 3.05. The Morgan fingerprint density at radius 3 is 2.23 bits per heavy atom. The van der Waals surface area contributed by atoms with E-state index in [2.05, 4.69) is 10.2 Å². The van der Waals surface area contributed by atoms with Gasteiger partial charge < -0.3 is 9.84 Å². The molecule has 3 rings (SSSR count). The Morgan fingerprint density at radius 2 is 1.68 bits per heavy atom. The van der Waals surface area contributed by atoms with Crippen molar-refractivity contribution in [2.24, 2.45) is 0 Å². The lowest BCUT2D eigenvalue weighted by molar-refractivity contribution is -0.132. The van der Waals surface area contributed by atoms with Crippen molar-refractivity contribution in [2.45, 2.75) is 6.92 Å². The first kappa shape index (κ1) is 13.8. The number of carbonyl (C=O) groups excluding carboxylic acids is 1. The number of ether oxygens (including phenoxy) is 1. The Morgan fingerprint density at radius 1 is 1.09 bits per heavy atom. The van der Waals surface area contributed by atoms with Crippen LogP contribution in [0.2, 0.25) is 0 Å². The first-order chi connectivity index (χ1) is 10.7. The molecule has 1 aromatic heterocycles. The maximum atomic E-state index is 11.4. The van der Waals surface area contributed by atoms with Crippen molar-refractivity contribution >= 4 is 17.0 Å². The summed E-state index contributed by atoms with van der Waals surface area (Å²) in [5.41, 5.74) is 2.35. The predicted octanol–water partition coefficient (Wildman–Crippen LogP) is 2.79. The molecule has 0 amide bonds. The van der Waals surface area contributed by atoms with E-state index in [0.717, 1.165) is 16.7 Å². The second-order valence-electron chi connectivity index (χ2n) is 4.54. The molecule has 0 radical (unpaired) electrons. The molecule has 1 N–H and O–H groups in total. The van der Waals surface area contributed by atoms with Crippen molar-refractivity contribution in [1.82, 2.24) is 15.0 Å². The number of aliphatic hydroxyl groups excluding tert-OH is 1. The third-order valence-electron chi connectivity index (χ3n) is 3.05. The Kier molecular flexibility index (Phi) is 3.57. The lowest BCUT2D eigenvalue weighted by Crippen LogP contribution is -2.10. The first-order valence-electron chi connectivity index (χ1n) is 6.67. The van der Waals surface area contributed by atoms with E-state index < -0.39 is 11.7 Å². The van der Waals surface area contributed by atoms with Crippen molar-refractivity contribution in [3.05, 3.63) is 60.4 Å². The Hall–Kier alpha value is -3.15. The van der Waals surface area contributed by atoms with Gasteiger partial charge in [0.05, 0.1) is 5.69 Å². The third kappa shape index (κ3) is 2.67. The van der Waals surface area contributed by atoms with Crippen LogP contribution < -0.4 is 4.74 Å². The Balaban J connectivity index is 1.83. The van der Waals surface area contributed by atoms with Gasteiger partial charge in [-0.2, -0.15) is 4.80 Å². The zero-order valence-corrected chi connectivity index (χ0v) is 11.8.